The van der Waals surface area contributed by atoms with Crippen LogP contribution in [0, 0.1) is 0 Å². The number of quaternary nitrogens is 1. The topological polar surface area (TPSA) is 230 Å². The number of rotatable bonds is 12. The van der Waals surface area contributed by atoms with Crippen molar-refractivity contribution < 1.29 is 44.6 Å². The summed E-state index contributed by atoms with van der Waals surface area (Å²) in [5, 5.41) is 42.2. The quantitative estimate of drug-likeness (QED) is 0.126. The molecule has 0 unspecified atom stereocenters. The lowest BCUT2D eigenvalue weighted by atomic mass is 10.1. The highest BCUT2D eigenvalue weighted by molar-refractivity contribution is 6.07. The van der Waals surface area contributed by atoms with Crippen LogP contribution in [-0.2, 0) is 20.9 Å². The van der Waals surface area contributed by atoms with Crippen LogP contribution in [0.1, 0.15) is 49.1 Å². The summed E-state index contributed by atoms with van der Waals surface area (Å²) < 4.78 is 9.37. The minimum atomic E-state index is -1.08. The fourth-order valence-corrected chi connectivity index (χ4v) is 5.98. The molecule has 4 heterocycles. The number of anilines is 2. The summed E-state index contributed by atoms with van der Waals surface area (Å²) in [5.74, 6) is -2.48. The number of nitrogens with two attached hydrogens (primary N) is 1. The second-order valence-corrected chi connectivity index (χ2v) is 11.6. The summed E-state index contributed by atoms with van der Waals surface area (Å²) in [7, 11) is 1.51. The molecule has 2 aromatic carbocycles. The van der Waals surface area contributed by atoms with Gasteiger partial charge in [0, 0.05) is 48.4 Å². The lowest BCUT2D eigenvalue weighted by Crippen LogP contribution is -2.86. The Morgan fingerprint density at radius 3 is 2.44 bits per heavy atom. The number of piperidine rings is 1. The zero-order valence-electron chi connectivity index (χ0n) is 27.6. The van der Waals surface area contributed by atoms with E-state index in [9.17, 15) is 24.6 Å². The van der Waals surface area contributed by atoms with Crippen LogP contribution in [0.2, 0.25) is 0 Å². The zero-order valence-corrected chi connectivity index (χ0v) is 27.6. The summed E-state index contributed by atoms with van der Waals surface area (Å²) in [4.78, 5) is 54.0. The number of carboxylic acids is 3. The van der Waals surface area contributed by atoms with Crippen molar-refractivity contribution in [2.24, 2.45) is 0 Å². The highest BCUT2D eigenvalue weighted by atomic mass is 16.5. The highest BCUT2D eigenvalue weighted by Crippen LogP contribution is 2.37. The molecule has 262 valence electrons. The maximum Gasteiger partial charge on any atom is 0.305 e. The molecule has 5 aromatic rings. The molecule has 6 N–H and O–H groups in total. The number of nitrogens with one attached hydrogen (secondary N) is 2. The number of amides is 1. The van der Waals surface area contributed by atoms with Gasteiger partial charge < -0.3 is 45.4 Å². The van der Waals surface area contributed by atoms with Crippen LogP contribution in [0.5, 0.6) is 5.75 Å². The number of aromatic nitrogens is 5. The molecule has 16 nitrogen and oxygen atoms in total. The van der Waals surface area contributed by atoms with Crippen LogP contribution in [0.25, 0.3) is 33.2 Å². The number of carbonyl (C=O) groups excluding carboxylic acids is 2. The first kappa shape index (κ1) is 35.3. The maximum atomic E-state index is 13.6. The second kappa shape index (κ2) is 15.9. The monoisotopic (exact) mass is 686 g/mol. The minimum absolute atomic E-state index is 0.0785. The van der Waals surface area contributed by atoms with Crippen molar-refractivity contribution in [3.63, 3.8) is 0 Å². The van der Waals surface area contributed by atoms with Gasteiger partial charge in [0.25, 0.3) is 5.91 Å². The predicted octanol–water partition coefficient (Wildman–Crippen LogP) is 1.72. The van der Waals surface area contributed by atoms with Crippen molar-refractivity contribution in [3.05, 3.63) is 60.6 Å². The highest BCUT2D eigenvalue weighted by Gasteiger charge is 2.26. The number of carboxylic acid groups (broad SMARTS) is 3. The molecule has 0 radical (unpaired) electrons. The van der Waals surface area contributed by atoms with Gasteiger partial charge in [-0.05, 0) is 31.2 Å². The Hall–Kier alpha value is -6.03. The van der Waals surface area contributed by atoms with E-state index in [1.54, 1.807) is 22.8 Å². The van der Waals surface area contributed by atoms with E-state index in [1.807, 2.05) is 35.0 Å². The normalized spacial score (nSPS) is 13.0. The number of fused-ring (bicyclic) bond motifs is 2. The minimum Gasteiger partial charge on any atom is -0.550 e. The number of carbonyl (C=O) groups is 4. The molecule has 1 aliphatic rings. The largest absolute Gasteiger partial charge is 0.550 e. The van der Waals surface area contributed by atoms with Crippen LogP contribution < -0.4 is 25.8 Å². The predicted molar refractivity (Wildman–Crippen MR) is 181 cm³/mol. The number of aliphatic carboxylic acids is 3. The number of ether oxygens (including phenoxy) is 1. The number of para-hydroxylation sites is 1. The first-order valence-electron chi connectivity index (χ1n) is 16.0. The van der Waals surface area contributed by atoms with Gasteiger partial charge in [0.2, 0.25) is 0 Å². The van der Waals surface area contributed by atoms with Gasteiger partial charge in [0.05, 0.1) is 50.2 Å². The maximum absolute atomic E-state index is 13.6. The Balaban J connectivity index is 0.00000115. The Morgan fingerprint density at radius 1 is 1.02 bits per heavy atom. The van der Waals surface area contributed by atoms with Gasteiger partial charge in [0.15, 0.2) is 5.65 Å². The Morgan fingerprint density at radius 2 is 1.74 bits per heavy atom. The summed E-state index contributed by atoms with van der Waals surface area (Å²) in [6.07, 6.45) is 3.11. The first-order chi connectivity index (χ1) is 24.1. The van der Waals surface area contributed by atoms with Crippen LogP contribution in [0.15, 0.2) is 54.9 Å². The molecule has 0 saturated carbocycles. The molecule has 0 bridgehead atoms. The first-order valence-corrected chi connectivity index (χ1v) is 16.0. The van der Waals surface area contributed by atoms with E-state index in [1.165, 1.54) is 13.4 Å². The van der Waals surface area contributed by atoms with E-state index in [-0.39, 0.29) is 32.0 Å². The summed E-state index contributed by atoms with van der Waals surface area (Å²) >= 11 is 0. The molecule has 1 amide bonds. The Labute approximate surface area is 286 Å². The second-order valence-electron chi connectivity index (χ2n) is 11.6. The third kappa shape index (κ3) is 8.15. The van der Waals surface area contributed by atoms with Gasteiger partial charge in [0.1, 0.15) is 29.3 Å². The van der Waals surface area contributed by atoms with Crippen molar-refractivity contribution in [3.8, 4) is 17.0 Å². The van der Waals surface area contributed by atoms with Crippen LogP contribution in [-0.4, -0.2) is 85.1 Å². The number of methoxy groups -OCH3 is 1. The number of hydrogen-bond donors (Lipinski definition) is 5. The third-order valence-electron chi connectivity index (χ3n) is 8.19. The van der Waals surface area contributed by atoms with Crippen molar-refractivity contribution in [1.82, 2.24) is 24.3 Å². The van der Waals surface area contributed by atoms with Crippen molar-refractivity contribution in [2.45, 2.75) is 45.2 Å². The molecule has 0 atom stereocenters. The van der Waals surface area contributed by atoms with Crippen molar-refractivity contribution in [1.29, 1.82) is 0 Å². The fraction of sp³-hybridized carbons (Fsp3) is 0.324. The van der Waals surface area contributed by atoms with E-state index in [0.29, 0.717) is 45.2 Å². The van der Waals surface area contributed by atoms with E-state index in [2.05, 4.69) is 25.9 Å². The van der Waals surface area contributed by atoms with E-state index in [0.717, 1.165) is 43.8 Å². The summed E-state index contributed by atoms with van der Waals surface area (Å²) in [6, 6.07) is 14.7. The van der Waals surface area contributed by atoms with E-state index >= 15 is 0 Å². The number of benzene rings is 2. The average Bonchev–Trinajstić information content (AvgIpc) is 3.67. The Bertz CT molecular complexity index is 2030. The molecular weight excluding hydrogens is 648 g/mol. The lowest BCUT2D eigenvalue weighted by molar-refractivity contribution is -0.664. The van der Waals surface area contributed by atoms with Gasteiger partial charge >= 0.3 is 11.9 Å². The molecule has 3 aromatic heterocycles. The molecular formula is C34H38N8O8. The third-order valence-corrected chi connectivity index (χ3v) is 8.19. The zero-order chi connectivity index (χ0) is 35.8. The molecule has 0 aliphatic carbocycles. The van der Waals surface area contributed by atoms with Gasteiger partial charge in [-0.1, -0.05) is 24.3 Å². The number of nitrogens with zero attached hydrogens (tertiary/aromatic N) is 5. The van der Waals surface area contributed by atoms with Crippen LogP contribution in [0.4, 0.5) is 11.5 Å². The fourth-order valence-electron chi connectivity index (χ4n) is 5.98. The van der Waals surface area contributed by atoms with E-state index < -0.39 is 23.8 Å². The molecule has 0 spiro atoms. The van der Waals surface area contributed by atoms with Gasteiger partial charge in [-0.15, -0.1) is 0 Å². The molecule has 1 fully saturated rings. The summed E-state index contributed by atoms with van der Waals surface area (Å²) in [6.45, 7) is 3.25. The molecule has 6 rings (SSSR count). The SMILES string of the molecule is CC(=O)[O-].COc1cc(-c2nn(C3CC[NH2+]CC3)c3ncnc(NCCC(=O)O)c23)ccc1NC(=O)c1cc2ccccc2n1CCC(=O)O. The Kier molecular flexibility index (Phi) is 11.2. The van der Waals surface area contributed by atoms with Crippen LogP contribution in [0.3, 0.4) is 0 Å². The van der Waals surface area contributed by atoms with Crippen molar-refractivity contribution in [2.75, 3.05) is 37.4 Å². The number of aryl methyl sites for hydroxylation is 1. The van der Waals surface area contributed by atoms with Crippen molar-refractivity contribution >= 4 is 57.3 Å². The molecule has 16 heteroatoms. The molecule has 1 saturated heterocycles. The molecule has 50 heavy (non-hydrogen) atoms. The summed E-state index contributed by atoms with van der Waals surface area (Å²) in [5.41, 5.74) is 3.48. The standard InChI is InChI=1S/C32H34N8O6.C2H4O2/c1-46-25-17-20(6-7-22(25)37-32(45)24-16-19-4-2-3-5-23(19)39(24)15-11-27(43)44)29-28-30(34-14-10-26(41)42)35-18-36-31(28)40(38-29)21-8-12-33-13-9-21;1-2(3)4/h2-7,16-18,21,33H,8-15H2,1H3,(H,37,45)(H,41,42)(H,43,44)(H,34,35,36);1H3,(H,3,4). The van der Waals surface area contributed by atoms with Gasteiger partial charge in [-0.25, -0.2) is 14.6 Å². The van der Waals surface area contributed by atoms with Gasteiger partial charge in [-0.3, -0.25) is 14.4 Å². The van der Waals surface area contributed by atoms with Crippen LogP contribution >= 0.6 is 0 Å². The lowest BCUT2D eigenvalue weighted by Gasteiger charge is -2.21. The number of hydrogen-bond acceptors (Lipinski definition) is 10. The van der Waals surface area contributed by atoms with E-state index in [4.69, 9.17) is 19.7 Å². The smallest absolute Gasteiger partial charge is 0.305 e. The molecule has 1 aliphatic heterocycles. The van der Waals surface area contributed by atoms with Gasteiger partial charge in [-0.2, -0.15) is 5.10 Å². The average molecular weight is 687 g/mol.